The Morgan fingerprint density at radius 2 is 2.07 bits per heavy atom. The first-order chi connectivity index (χ1) is 6.69. The molecule has 0 aliphatic carbocycles. The van der Waals surface area contributed by atoms with E-state index in [9.17, 15) is 4.79 Å². The van der Waals surface area contributed by atoms with E-state index in [-0.39, 0.29) is 11.7 Å². The minimum absolute atomic E-state index is 0.0660. The van der Waals surface area contributed by atoms with Gasteiger partial charge in [-0.25, -0.2) is 0 Å². The van der Waals surface area contributed by atoms with Crippen molar-refractivity contribution in [3.63, 3.8) is 0 Å². The third-order valence-electron chi connectivity index (χ3n) is 1.84. The van der Waals surface area contributed by atoms with E-state index in [1.807, 2.05) is 18.2 Å². The zero-order chi connectivity index (χ0) is 10.6. The highest BCUT2D eigenvalue weighted by molar-refractivity contribution is 14.1. The number of benzene rings is 1. The summed E-state index contributed by atoms with van der Waals surface area (Å²) in [6.45, 7) is 0. The Bertz CT molecular complexity index is 341. The summed E-state index contributed by atoms with van der Waals surface area (Å²) < 4.78 is 1.15. The lowest BCUT2D eigenvalue weighted by Crippen LogP contribution is -2.06. The van der Waals surface area contributed by atoms with Gasteiger partial charge in [0.2, 0.25) is 0 Å². The van der Waals surface area contributed by atoms with Crippen LogP contribution in [0.5, 0.6) is 0 Å². The molecular formula is C10H9BrClIO. The lowest BCUT2D eigenvalue weighted by Gasteiger charge is -2.06. The largest absolute Gasteiger partial charge is 0.298 e. The Hall–Kier alpha value is 0.390. The van der Waals surface area contributed by atoms with E-state index in [0.717, 1.165) is 14.5 Å². The van der Waals surface area contributed by atoms with Crippen molar-refractivity contribution in [3.8, 4) is 0 Å². The van der Waals surface area contributed by atoms with Gasteiger partial charge < -0.3 is 0 Å². The molecule has 0 aromatic heterocycles. The first-order valence-electron chi connectivity index (χ1n) is 4.09. The monoisotopic (exact) mass is 386 g/mol. The normalized spacial score (nSPS) is 10.2. The van der Waals surface area contributed by atoms with E-state index in [1.165, 1.54) is 5.56 Å². The Labute approximate surface area is 110 Å². The van der Waals surface area contributed by atoms with Crippen molar-refractivity contribution in [2.24, 2.45) is 0 Å². The maximum absolute atomic E-state index is 11.2. The van der Waals surface area contributed by atoms with Crippen LogP contribution in [0.3, 0.4) is 0 Å². The highest BCUT2D eigenvalue weighted by Gasteiger charge is 2.08. The molecule has 1 aromatic rings. The summed E-state index contributed by atoms with van der Waals surface area (Å²) >= 11 is 11.1. The third-order valence-corrected chi connectivity index (χ3v) is 4.13. The summed E-state index contributed by atoms with van der Waals surface area (Å²) in [5.41, 5.74) is 2.28. The van der Waals surface area contributed by atoms with Crippen LogP contribution in [0, 0.1) is 3.57 Å². The molecular weight excluding hydrogens is 378 g/mol. The summed E-state index contributed by atoms with van der Waals surface area (Å²) in [7, 11) is 0. The molecule has 0 atom stereocenters. The molecule has 0 bridgehead atoms. The van der Waals surface area contributed by atoms with Crippen LogP contribution >= 0.6 is 50.1 Å². The highest BCUT2D eigenvalue weighted by atomic mass is 127. The van der Waals surface area contributed by atoms with Gasteiger partial charge in [-0.3, -0.25) is 4.79 Å². The molecule has 0 amide bonds. The van der Waals surface area contributed by atoms with Crippen LogP contribution in [0.4, 0.5) is 0 Å². The van der Waals surface area contributed by atoms with Gasteiger partial charge in [0.1, 0.15) is 0 Å². The van der Waals surface area contributed by atoms with Gasteiger partial charge in [0.15, 0.2) is 5.78 Å². The number of carbonyl (C=O) groups is 1. The van der Waals surface area contributed by atoms with Crippen LogP contribution in [0.25, 0.3) is 0 Å². The molecule has 0 spiro atoms. The highest BCUT2D eigenvalue weighted by Crippen LogP contribution is 2.20. The zero-order valence-electron chi connectivity index (χ0n) is 7.40. The van der Waals surface area contributed by atoms with Gasteiger partial charge in [0, 0.05) is 15.3 Å². The lowest BCUT2D eigenvalue weighted by molar-refractivity contribution is -0.116. The van der Waals surface area contributed by atoms with Gasteiger partial charge in [-0.2, -0.15) is 0 Å². The molecule has 0 saturated heterocycles. The molecule has 0 heterocycles. The van der Waals surface area contributed by atoms with E-state index in [1.54, 1.807) is 0 Å². The van der Waals surface area contributed by atoms with Gasteiger partial charge >= 0.3 is 0 Å². The molecule has 0 saturated carbocycles. The molecule has 0 N–H and O–H groups in total. The van der Waals surface area contributed by atoms with E-state index in [0.29, 0.717) is 6.42 Å². The Kier molecular flexibility index (Phi) is 5.41. The third kappa shape index (κ3) is 3.21. The van der Waals surface area contributed by atoms with Gasteiger partial charge in [-0.1, -0.05) is 34.1 Å². The Balaban J connectivity index is 2.92. The van der Waals surface area contributed by atoms with Crippen LogP contribution in [-0.2, 0) is 16.5 Å². The number of ketones is 1. The van der Waals surface area contributed by atoms with E-state index in [2.05, 4.69) is 38.5 Å². The van der Waals surface area contributed by atoms with Crippen molar-refractivity contribution < 1.29 is 4.79 Å². The fourth-order valence-electron chi connectivity index (χ4n) is 1.13. The number of alkyl halides is 2. The van der Waals surface area contributed by atoms with Gasteiger partial charge in [0.25, 0.3) is 0 Å². The van der Waals surface area contributed by atoms with Crippen LogP contribution in [0.15, 0.2) is 18.2 Å². The van der Waals surface area contributed by atoms with Crippen molar-refractivity contribution in [3.05, 3.63) is 32.9 Å². The van der Waals surface area contributed by atoms with Crippen molar-refractivity contribution >= 4 is 55.9 Å². The Morgan fingerprint density at radius 1 is 1.43 bits per heavy atom. The van der Waals surface area contributed by atoms with Crippen molar-refractivity contribution in [2.75, 3.05) is 5.88 Å². The first-order valence-corrected chi connectivity index (χ1v) is 6.82. The second-order valence-corrected chi connectivity index (χ2v) is 4.78. The topological polar surface area (TPSA) is 17.1 Å². The van der Waals surface area contributed by atoms with Crippen LogP contribution < -0.4 is 0 Å². The summed E-state index contributed by atoms with van der Waals surface area (Å²) in [5, 5.41) is 0.814. The summed E-state index contributed by atoms with van der Waals surface area (Å²) in [6.07, 6.45) is 0.433. The van der Waals surface area contributed by atoms with Crippen LogP contribution in [0.1, 0.15) is 11.1 Å². The predicted octanol–water partition coefficient (Wildman–Crippen LogP) is 3.54. The molecule has 14 heavy (non-hydrogen) atoms. The van der Waals surface area contributed by atoms with Crippen molar-refractivity contribution in [2.45, 2.75) is 11.8 Å². The maximum Gasteiger partial charge on any atom is 0.151 e. The number of hydrogen-bond acceptors (Lipinski definition) is 1. The van der Waals surface area contributed by atoms with Crippen molar-refractivity contribution in [1.82, 2.24) is 0 Å². The SMILES string of the molecule is O=C(CCl)Cc1cccc(CBr)c1I. The zero-order valence-corrected chi connectivity index (χ0v) is 11.9. The number of rotatable bonds is 4. The predicted molar refractivity (Wildman–Crippen MR) is 71.2 cm³/mol. The van der Waals surface area contributed by atoms with Crippen molar-refractivity contribution in [1.29, 1.82) is 0 Å². The van der Waals surface area contributed by atoms with Gasteiger partial charge in [-0.15, -0.1) is 11.6 Å². The average molecular weight is 387 g/mol. The average Bonchev–Trinajstić information content (AvgIpc) is 2.21. The second kappa shape index (κ2) is 6.08. The van der Waals surface area contributed by atoms with Crippen LogP contribution in [-0.4, -0.2) is 11.7 Å². The molecule has 0 radical (unpaired) electrons. The maximum atomic E-state index is 11.2. The summed E-state index contributed by atoms with van der Waals surface area (Å²) in [5.74, 6) is 0.158. The number of halogens is 3. The summed E-state index contributed by atoms with van der Waals surface area (Å²) in [4.78, 5) is 11.2. The molecule has 1 nitrogen and oxygen atoms in total. The number of carbonyl (C=O) groups excluding carboxylic acids is 1. The van der Waals surface area contributed by atoms with E-state index >= 15 is 0 Å². The molecule has 0 aliphatic rings. The molecule has 76 valence electrons. The molecule has 0 unspecified atom stereocenters. The smallest absolute Gasteiger partial charge is 0.151 e. The van der Waals surface area contributed by atoms with Gasteiger partial charge in [-0.05, 0) is 33.7 Å². The standard InChI is InChI=1S/C10H9BrClIO/c11-5-8-3-1-2-7(10(8)13)4-9(14)6-12/h1-3H,4-6H2. The molecule has 0 aliphatic heterocycles. The van der Waals surface area contributed by atoms with Crippen LogP contribution in [0.2, 0.25) is 0 Å². The fraction of sp³-hybridized carbons (Fsp3) is 0.300. The lowest BCUT2D eigenvalue weighted by atomic mass is 10.1. The van der Waals surface area contributed by atoms with E-state index in [4.69, 9.17) is 11.6 Å². The minimum atomic E-state index is 0.0660. The first kappa shape index (κ1) is 12.5. The fourth-order valence-corrected chi connectivity index (χ4v) is 2.96. The molecule has 1 rings (SSSR count). The van der Waals surface area contributed by atoms with Gasteiger partial charge in [0.05, 0.1) is 5.88 Å². The summed E-state index contributed by atoms with van der Waals surface area (Å²) in [6, 6.07) is 5.99. The molecule has 1 aromatic carbocycles. The molecule has 4 heteroatoms. The minimum Gasteiger partial charge on any atom is -0.298 e. The number of hydrogen-bond donors (Lipinski definition) is 0. The quantitative estimate of drug-likeness (QED) is 0.571. The van der Waals surface area contributed by atoms with E-state index < -0.39 is 0 Å². The number of Topliss-reactive ketones (excluding diaryl/α,β-unsaturated/α-hetero) is 1. The molecule has 0 fully saturated rings. The Morgan fingerprint density at radius 3 is 2.64 bits per heavy atom. The second-order valence-electron chi connectivity index (χ2n) is 2.87.